The number of nitrogens with zero attached hydrogens (tertiary/aromatic N) is 2. The summed E-state index contributed by atoms with van der Waals surface area (Å²) in [4.78, 5) is 4.74. The normalized spacial score (nSPS) is 11.5. The Morgan fingerprint density at radius 1 is 0.133 bits per heavy atom. The highest BCUT2D eigenvalue weighted by atomic mass is 32.1. The molecule has 0 saturated carbocycles. The molecule has 21 aromatic carbocycles. The fourth-order valence-corrected chi connectivity index (χ4v) is 20.4. The molecule has 0 atom stereocenters. The molecule has 0 radical (unpaired) electrons. The van der Waals surface area contributed by atoms with Gasteiger partial charge in [0, 0.05) is 74.5 Å². The summed E-state index contributed by atoms with van der Waals surface area (Å²) in [6.45, 7) is 0. The van der Waals surface area contributed by atoms with Crippen LogP contribution in [0, 0.1) is 0 Å². The highest BCUT2D eigenvalue weighted by molar-refractivity contribution is 7.26. The maximum Gasteiger partial charge on any atom is 0.0462 e. The Hall–Kier alpha value is -15.0. The first kappa shape index (κ1) is 71.5. The van der Waals surface area contributed by atoms with E-state index >= 15 is 0 Å². The van der Waals surface area contributed by atoms with Crippen molar-refractivity contribution in [3.63, 3.8) is 0 Å². The largest absolute Gasteiger partial charge is 0.311 e. The van der Waals surface area contributed by atoms with Gasteiger partial charge in [0.15, 0.2) is 0 Å². The fourth-order valence-electron chi connectivity index (χ4n) is 17.9. The Kier molecular flexibility index (Phi) is 18.4. The van der Waals surface area contributed by atoms with E-state index in [1.54, 1.807) is 0 Å². The van der Waals surface area contributed by atoms with Crippen molar-refractivity contribution in [3.05, 3.63) is 461 Å². The summed E-state index contributed by atoms with van der Waals surface area (Å²) in [5.41, 5.74) is 26.0. The van der Waals surface area contributed by atoms with Gasteiger partial charge >= 0.3 is 0 Å². The van der Waals surface area contributed by atoms with Crippen LogP contribution >= 0.6 is 22.7 Å². The lowest BCUT2D eigenvalue weighted by Gasteiger charge is -2.26. The van der Waals surface area contributed by atoms with Crippen molar-refractivity contribution >= 4 is 151 Å². The molecule has 0 N–H and O–H groups in total. The van der Waals surface area contributed by atoms with Crippen LogP contribution in [0.5, 0.6) is 0 Å². The van der Waals surface area contributed by atoms with Crippen molar-refractivity contribution < 1.29 is 0 Å². The van der Waals surface area contributed by atoms with E-state index in [1.165, 1.54) is 183 Å². The quantitative estimate of drug-likeness (QED) is 0.100. The second-order valence-electron chi connectivity index (χ2n) is 31.0. The second kappa shape index (κ2) is 30.9. The number of hydrogen-bond acceptors (Lipinski definition) is 4. The first-order valence-electron chi connectivity index (χ1n) is 41.1. The molecule has 23 rings (SSSR count). The second-order valence-corrected chi connectivity index (χ2v) is 33.1. The molecule has 562 valence electrons. The van der Waals surface area contributed by atoms with Crippen molar-refractivity contribution in [2.75, 3.05) is 9.80 Å². The molecule has 0 bridgehead atoms. The molecule has 2 aromatic heterocycles. The predicted molar refractivity (Wildman–Crippen MR) is 519 cm³/mol. The lowest BCUT2D eigenvalue weighted by molar-refractivity contribution is 1.28. The van der Waals surface area contributed by atoms with Crippen molar-refractivity contribution in [2.45, 2.75) is 0 Å². The van der Waals surface area contributed by atoms with Crippen molar-refractivity contribution in [1.82, 2.24) is 0 Å². The Morgan fingerprint density at radius 2 is 0.392 bits per heavy atom. The van der Waals surface area contributed by atoms with Gasteiger partial charge in [-0.15, -0.1) is 22.7 Å². The van der Waals surface area contributed by atoms with Crippen molar-refractivity contribution in [3.8, 4) is 89.0 Å². The van der Waals surface area contributed by atoms with Crippen LogP contribution in [0.25, 0.3) is 183 Å². The summed E-state index contributed by atoms with van der Waals surface area (Å²) in [5, 5.41) is 18.0. The Bertz CT molecular complexity index is 7720. The lowest BCUT2D eigenvalue weighted by Crippen LogP contribution is -2.09. The standard InChI is InChI=1S/C62H41NS.C54H35NS/c1-3-12-42(13-4-1)50-39-51(43-14-5-2-6-15-43)41-52(40-50)45-26-33-54(34-27-45)63(55-35-28-47(29-36-55)58-19-11-20-60-59-18-9-10-21-61(59)64-62(58)60)53-31-24-44(25-32-53)48-30-37-57-49(38-48)23-22-46-16-7-8-17-56(46)57;1-3-12-46-37(9-1)11-7-15-48(46)39-23-30-44(31-24-39)55(45-32-25-40(26-33-45)50-16-8-17-52-51-14-5-6-18-53(51)56-54(50)52)43-28-21-36(22-29-43)41-27-34-49-42(35-41)20-19-38-10-2-4-13-47(38)49/h1-41H;1-35H. The van der Waals surface area contributed by atoms with Crippen LogP contribution < -0.4 is 9.80 Å². The minimum absolute atomic E-state index is 1.09. The molecule has 2 heterocycles. The van der Waals surface area contributed by atoms with Crippen LogP contribution in [-0.2, 0) is 0 Å². The average Bonchev–Trinajstić information content (AvgIpc) is 1.45. The van der Waals surface area contributed by atoms with Gasteiger partial charge in [0.2, 0.25) is 0 Å². The Morgan fingerprint density at radius 3 is 0.792 bits per heavy atom. The zero-order valence-electron chi connectivity index (χ0n) is 65.6. The molecule has 0 aliphatic rings. The van der Waals surface area contributed by atoms with E-state index in [1.807, 2.05) is 22.7 Å². The van der Waals surface area contributed by atoms with Crippen LogP contribution in [0.3, 0.4) is 0 Å². The van der Waals surface area contributed by atoms with Crippen LogP contribution in [0.15, 0.2) is 461 Å². The Balaban J connectivity index is 0.000000145. The number of rotatable bonds is 14. The molecule has 120 heavy (non-hydrogen) atoms. The summed E-state index contributed by atoms with van der Waals surface area (Å²) in [5.74, 6) is 0. The van der Waals surface area contributed by atoms with Crippen LogP contribution in [0.2, 0.25) is 0 Å². The van der Waals surface area contributed by atoms with Gasteiger partial charge < -0.3 is 9.80 Å². The van der Waals surface area contributed by atoms with E-state index in [0.717, 1.165) is 34.1 Å². The van der Waals surface area contributed by atoms with Gasteiger partial charge in [-0.25, -0.2) is 0 Å². The maximum absolute atomic E-state index is 2.37. The average molecular weight is 1560 g/mol. The molecule has 2 nitrogen and oxygen atoms in total. The number of fused-ring (bicyclic) bond motifs is 13. The van der Waals surface area contributed by atoms with Gasteiger partial charge in [-0.2, -0.15) is 0 Å². The van der Waals surface area contributed by atoms with Gasteiger partial charge in [0.05, 0.1) is 0 Å². The number of benzene rings is 21. The molecule has 23 aromatic rings. The molecular formula is C116H76N2S2. The molecule has 4 heteroatoms. The van der Waals surface area contributed by atoms with E-state index in [4.69, 9.17) is 0 Å². The third kappa shape index (κ3) is 13.5. The lowest BCUT2D eigenvalue weighted by atomic mass is 9.93. The van der Waals surface area contributed by atoms with Gasteiger partial charge in [0.1, 0.15) is 0 Å². The van der Waals surface area contributed by atoms with Crippen LogP contribution in [0.4, 0.5) is 34.1 Å². The molecule has 0 spiro atoms. The van der Waals surface area contributed by atoms with E-state index in [-0.39, 0.29) is 0 Å². The van der Waals surface area contributed by atoms with Gasteiger partial charge in [-0.1, -0.05) is 346 Å². The maximum atomic E-state index is 2.37. The minimum Gasteiger partial charge on any atom is -0.311 e. The zero-order chi connectivity index (χ0) is 79.4. The molecule has 0 saturated heterocycles. The minimum atomic E-state index is 1.09. The van der Waals surface area contributed by atoms with Crippen LogP contribution in [0.1, 0.15) is 0 Å². The van der Waals surface area contributed by atoms with E-state index < -0.39 is 0 Å². The fraction of sp³-hybridized carbons (Fsp3) is 0. The monoisotopic (exact) mass is 1560 g/mol. The SMILES string of the molecule is c1ccc(-c2cc(-c3ccccc3)cc(-c3ccc(N(c4ccc(-c5ccc6c(ccc7ccccc76)c5)cc4)c4ccc(-c5cccc6c5sc5ccccc56)cc4)cc3)c2)cc1.c1ccc2c(-c3ccc(N(c4ccc(-c5ccc6c(ccc7ccccc76)c5)cc4)c4ccc(-c5cccc6c5sc5ccccc56)cc4)cc3)cccc2c1. The number of hydrogen-bond donors (Lipinski definition) is 0. The summed E-state index contributed by atoms with van der Waals surface area (Å²) < 4.78 is 5.30. The molecular weight excluding hydrogens is 1490 g/mol. The summed E-state index contributed by atoms with van der Waals surface area (Å²) in [7, 11) is 0. The van der Waals surface area contributed by atoms with Gasteiger partial charge in [-0.05, 0) is 258 Å². The molecule has 0 amide bonds. The number of anilines is 6. The third-order valence-electron chi connectivity index (χ3n) is 23.9. The van der Waals surface area contributed by atoms with E-state index in [2.05, 4.69) is 471 Å². The molecule has 0 unspecified atom stereocenters. The van der Waals surface area contributed by atoms with Crippen LogP contribution in [-0.4, -0.2) is 0 Å². The first-order valence-corrected chi connectivity index (χ1v) is 42.7. The van der Waals surface area contributed by atoms with Gasteiger partial charge in [-0.3, -0.25) is 0 Å². The van der Waals surface area contributed by atoms with Crippen molar-refractivity contribution in [1.29, 1.82) is 0 Å². The molecule has 0 fully saturated rings. The highest BCUT2D eigenvalue weighted by Crippen LogP contribution is 2.47. The zero-order valence-corrected chi connectivity index (χ0v) is 67.2. The summed E-state index contributed by atoms with van der Waals surface area (Å²) in [6.07, 6.45) is 0. The summed E-state index contributed by atoms with van der Waals surface area (Å²) in [6, 6.07) is 169. The van der Waals surface area contributed by atoms with Crippen molar-refractivity contribution in [2.24, 2.45) is 0 Å². The first-order chi connectivity index (χ1) is 59.4. The smallest absolute Gasteiger partial charge is 0.0462 e. The topological polar surface area (TPSA) is 6.48 Å². The number of thiophene rings is 2. The van der Waals surface area contributed by atoms with Gasteiger partial charge in [0.25, 0.3) is 0 Å². The van der Waals surface area contributed by atoms with E-state index in [9.17, 15) is 0 Å². The molecule has 0 aliphatic carbocycles. The Labute approximate surface area is 705 Å². The summed E-state index contributed by atoms with van der Waals surface area (Å²) >= 11 is 3.75. The predicted octanol–water partition coefficient (Wildman–Crippen LogP) is 34.2. The molecule has 0 aliphatic heterocycles. The third-order valence-corrected chi connectivity index (χ3v) is 26.4. The van der Waals surface area contributed by atoms with E-state index in [0.29, 0.717) is 0 Å². The highest BCUT2D eigenvalue weighted by Gasteiger charge is 2.21.